The highest BCUT2D eigenvalue weighted by atomic mass is 16.1. The molecule has 0 unspecified atom stereocenters. The van der Waals surface area contributed by atoms with Crippen molar-refractivity contribution in [3.05, 3.63) is 0 Å². The van der Waals surface area contributed by atoms with Crippen LogP contribution in [0, 0.1) is 16.7 Å². The number of hydrogen-bond acceptors (Lipinski definition) is 3. The lowest BCUT2D eigenvalue weighted by atomic mass is 9.75. The Labute approximate surface area is 97.4 Å². The summed E-state index contributed by atoms with van der Waals surface area (Å²) in [6.45, 7) is 5.01. The number of amides is 1. The zero-order valence-corrected chi connectivity index (χ0v) is 10.2. The summed E-state index contributed by atoms with van der Waals surface area (Å²) in [6.07, 6.45) is 4.70. The zero-order valence-electron chi connectivity index (χ0n) is 10.2. The van der Waals surface area contributed by atoms with Crippen molar-refractivity contribution < 1.29 is 4.79 Å². The molecule has 0 saturated heterocycles. The van der Waals surface area contributed by atoms with E-state index >= 15 is 0 Å². The Hall–Kier alpha value is -1.08. The topological polar surface area (TPSA) is 64.9 Å². The first kappa shape index (κ1) is 13.0. The lowest BCUT2D eigenvalue weighted by molar-refractivity contribution is -0.120. The number of rotatable bonds is 4. The molecule has 2 N–H and O–H groups in total. The van der Waals surface area contributed by atoms with Crippen molar-refractivity contribution in [3.8, 4) is 6.07 Å². The molecule has 0 spiro atoms. The fourth-order valence-electron chi connectivity index (χ4n) is 2.04. The Morgan fingerprint density at radius 3 is 2.62 bits per heavy atom. The van der Waals surface area contributed by atoms with Gasteiger partial charge in [0, 0.05) is 6.04 Å². The number of carbonyl (C=O) groups is 1. The highest BCUT2D eigenvalue weighted by Crippen LogP contribution is 2.34. The van der Waals surface area contributed by atoms with Gasteiger partial charge < -0.3 is 10.6 Å². The van der Waals surface area contributed by atoms with Crippen molar-refractivity contribution in [1.82, 2.24) is 10.6 Å². The van der Waals surface area contributed by atoms with Crippen molar-refractivity contribution in [2.45, 2.75) is 45.6 Å². The first-order chi connectivity index (χ1) is 7.53. The molecule has 4 nitrogen and oxygen atoms in total. The smallest absolute Gasteiger partial charge is 0.234 e. The molecule has 0 atom stereocenters. The molecule has 1 rings (SSSR count). The Kier molecular flexibility index (Phi) is 4.75. The van der Waals surface area contributed by atoms with E-state index in [9.17, 15) is 4.79 Å². The fourth-order valence-corrected chi connectivity index (χ4v) is 2.04. The van der Waals surface area contributed by atoms with E-state index in [0.29, 0.717) is 18.0 Å². The minimum absolute atomic E-state index is 0.0913. The molecule has 0 aromatic heterocycles. The molecule has 0 bridgehead atoms. The van der Waals surface area contributed by atoms with E-state index in [2.05, 4.69) is 24.5 Å². The Balaban J connectivity index is 2.15. The molecule has 1 saturated carbocycles. The van der Waals surface area contributed by atoms with Crippen LogP contribution in [0.15, 0.2) is 0 Å². The Morgan fingerprint density at radius 1 is 1.44 bits per heavy atom. The maximum Gasteiger partial charge on any atom is 0.234 e. The van der Waals surface area contributed by atoms with Gasteiger partial charge in [0.15, 0.2) is 0 Å². The second kappa shape index (κ2) is 5.86. The standard InChI is InChI=1S/C12H21N3O/c1-12(2)5-3-10(4-6-12)15-9-11(16)14-8-7-13/h10,15H,3-6,8-9H2,1-2H3,(H,14,16). The van der Waals surface area contributed by atoms with Gasteiger partial charge in [0.1, 0.15) is 6.54 Å². The van der Waals surface area contributed by atoms with Crippen LogP contribution in [0.5, 0.6) is 0 Å². The van der Waals surface area contributed by atoms with Crippen LogP contribution in [0.1, 0.15) is 39.5 Å². The highest BCUT2D eigenvalue weighted by Gasteiger charge is 2.26. The van der Waals surface area contributed by atoms with Crippen LogP contribution in [-0.4, -0.2) is 25.0 Å². The van der Waals surface area contributed by atoms with Crippen molar-refractivity contribution in [3.63, 3.8) is 0 Å². The third-order valence-corrected chi connectivity index (χ3v) is 3.26. The number of nitrogens with zero attached hydrogens (tertiary/aromatic N) is 1. The summed E-state index contributed by atoms with van der Waals surface area (Å²) in [7, 11) is 0. The molecular weight excluding hydrogens is 202 g/mol. The van der Waals surface area contributed by atoms with Gasteiger partial charge in [-0.25, -0.2) is 0 Å². The third-order valence-electron chi connectivity index (χ3n) is 3.26. The lowest BCUT2D eigenvalue weighted by Crippen LogP contribution is -2.41. The van der Waals surface area contributed by atoms with Gasteiger partial charge in [-0.05, 0) is 31.1 Å². The van der Waals surface area contributed by atoms with E-state index in [1.54, 1.807) is 0 Å². The molecule has 0 radical (unpaired) electrons. The second-order valence-corrected chi connectivity index (χ2v) is 5.25. The molecule has 1 fully saturated rings. The van der Waals surface area contributed by atoms with Gasteiger partial charge in [-0.3, -0.25) is 4.79 Å². The number of carbonyl (C=O) groups excluding carboxylic acids is 1. The SMILES string of the molecule is CC1(C)CCC(NCC(=O)NCC#N)CC1. The predicted molar refractivity (Wildman–Crippen MR) is 62.7 cm³/mol. The highest BCUT2D eigenvalue weighted by molar-refractivity contribution is 5.78. The second-order valence-electron chi connectivity index (χ2n) is 5.25. The monoisotopic (exact) mass is 223 g/mol. The van der Waals surface area contributed by atoms with Crippen LogP contribution >= 0.6 is 0 Å². The molecular formula is C12H21N3O. The predicted octanol–water partition coefficient (Wildman–Crippen LogP) is 1.18. The molecule has 0 heterocycles. The Bertz CT molecular complexity index is 270. The molecule has 0 aromatic carbocycles. The summed E-state index contributed by atoms with van der Waals surface area (Å²) in [5.41, 5.74) is 0.460. The molecule has 0 aromatic rings. The number of hydrogen-bond donors (Lipinski definition) is 2. The lowest BCUT2D eigenvalue weighted by Gasteiger charge is -2.34. The summed E-state index contributed by atoms with van der Waals surface area (Å²) in [5.74, 6) is -0.0913. The maximum atomic E-state index is 11.2. The molecule has 4 heteroatoms. The van der Waals surface area contributed by atoms with E-state index in [1.807, 2.05) is 6.07 Å². The normalized spacial score (nSPS) is 20.1. The van der Waals surface area contributed by atoms with E-state index in [-0.39, 0.29) is 12.5 Å². The first-order valence-corrected chi connectivity index (χ1v) is 5.90. The zero-order chi connectivity index (χ0) is 12.0. The van der Waals surface area contributed by atoms with Gasteiger partial charge in [-0.1, -0.05) is 13.8 Å². The third kappa shape index (κ3) is 4.63. The average molecular weight is 223 g/mol. The number of nitrogens with one attached hydrogen (secondary N) is 2. The van der Waals surface area contributed by atoms with Gasteiger partial charge in [-0.2, -0.15) is 5.26 Å². The van der Waals surface area contributed by atoms with Crippen LogP contribution in [0.2, 0.25) is 0 Å². The van der Waals surface area contributed by atoms with Crippen LogP contribution < -0.4 is 10.6 Å². The van der Waals surface area contributed by atoms with E-state index in [4.69, 9.17) is 5.26 Å². The van der Waals surface area contributed by atoms with E-state index in [1.165, 1.54) is 12.8 Å². The summed E-state index contributed by atoms with van der Waals surface area (Å²) >= 11 is 0. The van der Waals surface area contributed by atoms with E-state index < -0.39 is 0 Å². The molecule has 0 aliphatic heterocycles. The van der Waals surface area contributed by atoms with Gasteiger partial charge in [0.25, 0.3) is 0 Å². The van der Waals surface area contributed by atoms with Gasteiger partial charge in [-0.15, -0.1) is 0 Å². The van der Waals surface area contributed by atoms with Crippen LogP contribution in [-0.2, 0) is 4.79 Å². The van der Waals surface area contributed by atoms with Gasteiger partial charge in [0.05, 0.1) is 12.6 Å². The molecule has 1 amide bonds. The summed E-state index contributed by atoms with van der Waals surface area (Å²) < 4.78 is 0. The molecule has 1 aliphatic carbocycles. The van der Waals surface area contributed by atoms with Gasteiger partial charge >= 0.3 is 0 Å². The van der Waals surface area contributed by atoms with E-state index in [0.717, 1.165) is 12.8 Å². The maximum absolute atomic E-state index is 11.2. The van der Waals surface area contributed by atoms with Crippen LogP contribution in [0.3, 0.4) is 0 Å². The quantitative estimate of drug-likeness (QED) is 0.703. The minimum atomic E-state index is -0.0913. The summed E-state index contributed by atoms with van der Waals surface area (Å²) in [4.78, 5) is 11.2. The van der Waals surface area contributed by atoms with Crippen molar-refractivity contribution in [2.75, 3.05) is 13.1 Å². The molecule has 16 heavy (non-hydrogen) atoms. The summed E-state index contributed by atoms with van der Waals surface area (Å²) in [5, 5.41) is 14.1. The van der Waals surface area contributed by atoms with Crippen LogP contribution in [0.25, 0.3) is 0 Å². The minimum Gasteiger partial charge on any atom is -0.342 e. The first-order valence-electron chi connectivity index (χ1n) is 5.90. The van der Waals surface area contributed by atoms with Crippen molar-refractivity contribution in [1.29, 1.82) is 5.26 Å². The molecule has 1 aliphatic rings. The summed E-state index contributed by atoms with van der Waals surface area (Å²) in [6, 6.07) is 2.35. The largest absolute Gasteiger partial charge is 0.342 e. The van der Waals surface area contributed by atoms with Gasteiger partial charge in [0.2, 0.25) is 5.91 Å². The average Bonchev–Trinajstić information content (AvgIpc) is 2.25. The Morgan fingerprint density at radius 2 is 2.06 bits per heavy atom. The van der Waals surface area contributed by atoms with Crippen LogP contribution in [0.4, 0.5) is 0 Å². The number of nitriles is 1. The van der Waals surface area contributed by atoms with Crippen molar-refractivity contribution >= 4 is 5.91 Å². The van der Waals surface area contributed by atoms with Crippen molar-refractivity contribution in [2.24, 2.45) is 5.41 Å². The molecule has 90 valence electrons. The fraction of sp³-hybridized carbons (Fsp3) is 0.833.